The monoisotopic (exact) mass is 548 g/mol. The van der Waals surface area contributed by atoms with Crippen molar-refractivity contribution in [2.75, 3.05) is 19.8 Å². The van der Waals surface area contributed by atoms with Gasteiger partial charge in [-0.15, -0.1) is 0 Å². The van der Waals surface area contributed by atoms with Gasteiger partial charge in [-0.25, -0.2) is 17.5 Å². The zero-order valence-electron chi connectivity index (χ0n) is 21.7. The smallest absolute Gasteiger partial charge is 0.340 e. The lowest BCUT2D eigenvalue weighted by Crippen LogP contribution is -2.39. The number of benzene rings is 3. The minimum Gasteiger partial charge on any atom is -0.491 e. The summed E-state index contributed by atoms with van der Waals surface area (Å²) in [6.07, 6.45) is -1.28. The first-order valence-corrected chi connectivity index (χ1v) is 13.9. The highest BCUT2D eigenvalue weighted by Gasteiger charge is 2.41. The van der Waals surface area contributed by atoms with Gasteiger partial charge in [0.15, 0.2) is 0 Å². The number of nitrogens with zero attached hydrogens (tertiary/aromatic N) is 2. The van der Waals surface area contributed by atoms with Crippen LogP contribution in [-0.4, -0.2) is 60.1 Å². The van der Waals surface area contributed by atoms with Crippen LogP contribution in [0.15, 0.2) is 71.6 Å². The van der Waals surface area contributed by atoms with E-state index in [0.29, 0.717) is 26.7 Å². The number of carbonyl (C=O) groups excluding carboxylic acids is 2. The molecule has 1 aliphatic rings. The Morgan fingerprint density at radius 1 is 1.03 bits per heavy atom. The van der Waals surface area contributed by atoms with E-state index in [9.17, 15) is 23.1 Å². The van der Waals surface area contributed by atoms with Crippen molar-refractivity contribution in [2.24, 2.45) is 0 Å². The maximum absolute atomic E-state index is 12.9. The van der Waals surface area contributed by atoms with Crippen molar-refractivity contribution in [2.45, 2.75) is 31.8 Å². The zero-order valence-corrected chi connectivity index (χ0v) is 22.6. The number of rotatable bonds is 8. The van der Waals surface area contributed by atoms with Crippen molar-refractivity contribution >= 4 is 32.8 Å². The van der Waals surface area contributed by atoms with Gasteiger partial charge in [0.1, 0.15) is 23.4 Å². The summed E-state index contributed by atoms with van der Waals surface area (Å²) in [6.45, 7) is 5.09. The molecular formula is C29H28N2O7S. The largest absolute Gasteiger partial charge is 0.491 e. The van der Waals surface area contributed by atoms with Gasteiger partial charge >= 0.3 is 5.97 Å². The van der Waals surface area contributed by atoms with E-state index in [-0.39, 0.29) is 23.7 Å². The maximum atomic E-state index is 12.9. The number of aromatic nitrogens is 1. The van der Waals surface area contributed by atoms with Gasteiger partial charge in [-0.3, -0.25) is 4.79 Å². The summed E-state index contributed by atoms with van der Waals surface area (Å²) in [7, 11) is -4.04. The molecular weight excluding hydrogens is 520 g/mol. The number of hydrogen-bond acceptors (Lipinski definition) is 7. The number of carbonyl (C=O) groups is 2. The van der Waals surface area contributed by atoms with E-state index in [4.69, 9.17) is 9.47 Å². The van der Waals surface area contributed by atoms with Crippen LogP contribution >= 0.6 is 0 Å². The molecule has 1 unspecified atom stereocenters. The highest BCUT2D eigenvalue weighted by molar-refractivity contribution is 7.90. The molecule has 4 aromatic rings. The fraction of sp³-hybridized carbons (Fsp3) is 0.241. The van der Waals surface area contributed by atoms with Crippen LogP contribution in [0.25, 0.3) is 16.6 Å². The van der Waals surface area contributed by atoms with Crippen LogP contribution in [0, 0.1) is 13.8 Å². The number of aliphatic hydroxyl groups excluding tert-OH is 1. The Balaban J connectivity index is 1.40. The molecule has 1 aliphatic heterocycles. The Morgan fingerprint density at radius 3 is 2.44 bits per heavy atom. The van der Waals surface area contributed by atoms with Crippen LogP contribution in [0.4, 0.5) is 0 Å². The SMILES string of the molecule is CCOC(=O)c1c(C)n(-c2ccc(C)cc2)c2ccc(OCC(O)CN3C(=O)c4ccccc4S3(=O)=O)cc12. The molecule has 0 saturated heterocycles. The summed E-state index contributed by atoms with van der Waals surface area (Å²) in [4.78, 5) is 25.5. The molecule has 0 bridgehead atoms. The average Bonchev–Trinajstić information content (AvgIpc) is 3.31. The maximum Gasteiger partial charge on any atom is 0.340 e. The molecule has 39 heavy (non-hydrogen) atoms. The van der Waals surface area contributed by atoms with Gasteiger partial charge in [0.05, 0.1) is 29.8 Å². The van der Waals surface area contributed by atoms with Gasteiger partial charge < -0.3 is 19.1 Å². The topological polar surface area (TPSA) is 115 Å². The number of ether oxygens (including phenoxy) is 2. The van der Waals surface area contributed by atoms with Crippen molar-refractivity contribution in [1.82, 2.24) is 8.87 Å². The highest BCUT2D eigenvalue weighted by atomic mass is 32.2. The number of esters is 1. The van der Waals surface area contributed by atoms with E-state index >= 15 is 0 Å². The Labute approximate surface area is 226 Å². The minimum atomic E-state index is -4.04. The first-order chi connectivity index (χ1) is 18.6. The van der Waals surface area contributed by atoms with E-state index < -0.39 is 34.5 Å². The van der Waals surface area contributed by atoms with Crippen LogP contribution < -0.4 is 4.74 Å². The van der Waals surface area contributed by atoms with Crippen molar-refractivity contribution in [3.63, 3.8) is 0 Å². The standard InChI is InChI=1S/C29H28N2O7S/c1-4-37-29(34)27-19(3)31(20-11-9-18(2)10-12-20)25-14-13-22(15-24(25)27)38-17-21(32)16-30-28(33)23-7-5-6-8-26(23)39(30,35)36/h5-15,21,32H,4,16-17H2,1-3H3. The van der Waals surface area contributed by atoms with Crippen LogP contribution in [0.2, 0.25) is 0 Å². The molecule has 1 aromatic heterocycles. The predicted octanol–water partition coefficient (Wildman–Crippen LogP) is 4.01. The lowest BCUT2D eigenvalue weighted by atomic mass is 10.1. The lowest BCUT2D eigenvalue weighted by Gasteiger charge is -2.19. The third kappa shape index (κ3) is 4.66. The molecule has 10 heteroatoms. The van der Waals surface area contributed by atoms with Gasteiger partial charge in [0.2, 0.25) is 0 Å². The van der Waals surface area contributed by atoms with Crippen LogP contribution in [0.1, 0.15) is 38.9 Å². The van der Waals surface area contributed by atoms with E-state index in [1.165, 1.54) is 12.1 Å². The Kier molecular flexibility index (Phi) is 6.92. The minimum absolute atomic E-state index is 0.0754. The van der Waals surface area contributed by atoms with E-state index in [1.54, 1.807) is 31.2 Å². The second-order valence-electron chi connectivity index (χ2n) is 9.33. The predicted molar refractivity (Wildman–Crippen MR) is 145 cm³/mol. The molecule has 5 rings (SSSR count). The molecule has 0 spiro atoms. The first-order valence-electron chi connectivity index (χ1n) is 12.5. The van der Waals surface area contributed by atoms with Crippen LogP contribution in [-0.2, 0) is 14.8 Å². The highest BCUT2D eigenvalue weighted by Crippen LogP contribution is 2.33. The first kappa shape index (κ1) is 26.5. The van der Waals surface area contributed by atoms with E-state index in [0.717, 1.165) is 16.8 Å². The van der Waals surface area contributed by atoms with Gasteiger partial charge in [-0.05, 0) is 63.2 Å². The van der Waals surface area contributed by atoms with Crippen LogP contribution in [0.5, 0.6) is 5.75 Å². The molecule has 0 saturated carbocycles. The molecule has 1 N–H and O–H groups in total. The number of aryl methyl sites for hydroxylation is 1. The number of fused-ring (bicyclic) bond motifs is 2. The third-order valence-corrected chi connectivity index (χ3v) is 8.49. The number of hydrogen-bond donors (Lipinski definition) is 1. The molecule has 0 radical (unpaired) electrons. The van der Waals surface area contributed by atoms with Crippen molar-refractivity contribution in [3.05, 3.63) is 89.1 Å². The molecule has 0 fully saturated rings. The van der Waals surface area contributed by atoms with Crippen molar-refractivity contribution in [1.29, 1.82) is 0 Å². The number of amides is 1. The average molecular weight is 549 g/mol. The summed E-state index contributed by atoms with van der Waals surface area (Å²) in [5.41, 5.74) is 3.97. The summed E-state index contributed by atoms with van der Waals surface area (Å²) >= 11 is 0. The molecule has 1 atom stereocenters. The fourth-order valence-electron chi connectivity index (χ4n) is 4.82. The second kappa shape index (κ2) is 10.2. The lowest BCUT2D eigenvalue weighted by molar-refractivity contribution is 0.0527. The Hall–Kier alpha value is -4.15. The number of aliphatic hydroxyl groups is 1. The zero-order chi connectivity index (χ0) is 27.9. The fourth-order valence-corrected chi connectivity index (χ4v) is 6.43. The quantitative estimate of drug-likeness (QED) is 0.331. The summed E-state index contributed by atoms with van der Waals surface area (Å²) in [5.74, 6) is -0.773. The van der Waals surface area contributed by atoms with Gasteiger partial charge in [0, 0.05) is 16.8 Å². The summed E-state index contributed by atoms with van der Waals surface area (Å²) in [6, 6.07) is 19.1. The van der Waals surface area contributed by atoms with E-state index in [2.05, 4.69) is 0 Å². The Morgan fingerprint density at radius 2 is 1.74 bits per heavy atom. The van der Waals surface area contributed by atoms with Crippen molar-refractivity contribution < 1.29 is 32.6 Å². The Bertz CT molecular complexity index is 1690. The van der Waals surface area contributed by atoms with Crippen molar-refractivity contribution in [3.8, 4) is 11.4 Å². The molecule has 2 heterocycles. The van der Waals surface area contributed by atoms with Gasteiger partial charge in [0.25, 0.3) is 15.9 Å². The molecule has 0 aliphatic carbocycles. The second-order valence-corrected chi connectivity index (χ2v) is 11.2. The molecule has 202 valence electrons. The number of sulfonamides is 1. The molecule has 1 amide bonds. The van der Waals surface area contributed by atoms with E-state index in [1.807, 2.05) is 48.7 Å². The number of β-amino-alcohol motifs (C(OH)–C–C–N with tert-alkyl or cyclic N) is 1. The summed E-state index contributed by atoms with van der Waals surface area (Å²) < 4.78 is 39.3. The molecule has 3 aromatic carbocycles. The van der Waals surface area contributed by atoms with Gasteiger partial charge in [-0.1, -0.05) is 29.8 Å². The van der Waals surface area contributed by atoms with Gasteiger partial charge in [-0.2, -0.15) is 0 Å². The summed E-state index contributed by atoms with van der Waals surface area (Å²) in [5, 5.41) is 11.2. The molecule has 9 nitrogen and oxygen atoms in total. The van der Waals surface area contributed by atoms with Crippen LogP contribution in [0.3, 0.4) is 0 Å². The third-order valence-electron chi connectivity index (χ3n) is 6.68. The normalized spacial score (nSPS) is 14.9.